The number of aromatic carboxylic acids is 1. The first-order valence-corrected chi connectivity index (χ1v) is 13.9. The first-order valence-electron chi connectivity index (χ1n) is 13.9. The number of hydrogen-bond donors (Lipinski definition) is 2. The molecule has 228 valence electrons. The Labute approximate surface area is 252 Å². The largest absolute Gasteiger partial charge is 0.478 e. The summed E-state index contributed by atoms with van der Waals surface area (Å²) in [6.07, 6.45) is -0.679. The highest BCUT2D eigenvalue weighted by molar-refractivity contribution is 6.23. The SMILES string of the molecule is CCCCC1C(=O)N(c2ccccc2)N(c2ccccc2)C1=O.Cc1c(Nc2ncccc2C(=O)O)cccc1C(F)(F)F. The van der Waals surface area contributed by atoms with Crippen LogP contribution in [0, 0.1) is 12.8 Å². The fraction of sp³-hybridized carbons (Fsp3) is 0.212. The molecule has 4 aromatic rings. The van der Waals surface area contributed by atoms with Crippen LogP contribution in [-0.2, 0) is 15.8 Å². The van der Waals surface area contributed by atoms with E-state index in [0.29, 0.717) is 17.8 Å². The zero-order chi connectivity index (χ0) is 31.9. The van der Waals surface area contributed by atoms with Crippen molar-refractivity contribution in [1.29, 1.82) is 0 Å². The summed E-state index contributed by atoms with van der Waals surface area (Å²) in [5.41, 5.74) is 0.676. The number of carboxylic acids is 1. The monoisotopic (exact) mass is 604 g/mol. The Balaban J connectivity index is 0.000000202. The number of hydrazine groups is 1. The van der Waals surface area contributed by atoms with E-state index in [0.717, 1.165) is 18.9 Å². The number of alkyl halides is 3. The zero-order valence-electron chi connectivity index (χ0n) is 24.1. The number of pyridine rings is 1. The van der Waals surface area contributed by atoms with Gasteiger partial charge in [0, 0.05) is 11.9 Å². The number of para-hydroxylation sites is 2. The van der Waals surface area contributed by atoms with Gasteiger partial charge in [-0.3, -0.25) is 9.59 Å². The number of anilines is 4. The van der Waals surface area contributed by atoms with Crippen molar-refractivity contribution in [2.45, 2.75) is 39.3 Å². The van der Waals surface area contributed by atoms with Crippen LogP contribution in [0.15, 0.2) is 97.2 Å². The second-order valence-corrected chi connectivity index (χ2v) is 9.97. The number of hydrogen-bond acceptors (Lipinski definition) is 5. The molecule has 2 amide bonds. The summed E-state index contributed by atoms with van der Waals surface area (Å²) in [7, 11) is 0. The molecule has 44 heavy (non-hydrogen) atoms. The van der Waals surface area contributed by atoms with Gasteiger partial charge in [0.1, 0.15) is 17.3 Å². The molecule has 11 heteroatoms. The topological polar surface area (TPSA) is 103 Å². The molecule has 0 radical (unpaired) electrons. The quantitative estimate of drug-likeness (QED) is 0.201. The maximum Gasteiger partial charge on any atom is 0.416 e. The highest BCUT2D eigenvalue weighted by atomic mass is 19.4. The molecule has 2 N–H and O–H groups in total. The molecule has 0 unspecified atom stereocenters. The molecule has 0 atom stereocenters. The number of unbranched alkanes of at least 4 members (excludes halogenated alkanes) is 1. The van der Waals surface area contributed by atoms with Gasteiger partial charge in [-0.05, 0) is 67.4 Å². The smallest absolute Gasteiger partial charge is 0.416 e. The van der Waals surface area contributed by atoms with Crippen LogP contribution in [0.4, 0.5) is 36.1 Å². The lowest BCUT2D eigenvalue weighted by atomic mass is 10.0. The van der Waals surface area contributed by atoms with Gasteiger partial charge in [0.25, 0.3) is 11.8 Å². The minimum atomic E-state index is -4.47. The lowest BCUT2D eigenvalue weighted by Crippen LogP contribution is -2.41. The van der Waals surface area contributed by atoms with E-state index >= 15 is 0 Å². The van der Waals surface area contributed by atoms with Gasteiger partial charge in [0.05, 0.1) is 16.9 Å². The normalized spacial score (nSPS) is 13.5. The summed E-state index contributed by atoms with van der Waals surface area (Å²) in [6, 6.07) is 25.1. The van der Waals surface area contributed by atoms with Crippen molar-refractivity contribution in [1.82, 2.24) is 4.98 Å². The van der Waals surface area contributed by atoms with E-state index in [1.54, 1.807) is 0 Å². The van der Waals surface area contributed by atoms with Gasteiger partial charge in [-0.15, -0.1) is 0 Å². The predicted molar refractivity (Wildman–Crippen MR) is 162 cm³/mol. The van der Waals surface area contributed by atoms with Crippen LogP contribution in [0.5, 0.6) is 0 Å². The summed E-state index contributed by atoms with van der Waals surface area (Å²) in [4.78, 5) is 40.7. The average Bonchev–Trinajstić information content (AvgIpc) is 3.26. The lowest BCUT2D eigenvalue weighted by molar-refractivity contribution is -0.138. The van der Waals surface area contributed by atoms with Gasteiger partial charge in [0.2, 0.25) is 0 Å². The van der Waals surface area contributed by atoms with Crippen LogP contribution in [0.1, 0.15) is 47.7 Å². The number of rotatable bonds is 8. The van der Waals surface area contributed by atoms with E-state index in [4.69, 9.17) is 5.11 Å². The second kappa shape index (κ2) is 13.9. The molecule has 0 spiro atoms. The van der Waals surface area contributed by atoms with Crippen molar-refractivity contribution < 1.29 is 32.7 Å². The minimum absolute atomic E-state index is 0.00701. The van der Waals surface area contributed by atoms with Crippen LogP contribution in [0.2, 0.25) is 0 Å². The summed E-state index contributed by atoms with van der Waals surface area (Å²) in [6.45, 7) is 3.38. The average molecular weight is 605 g/mol. The number of halogens is 3. The van der Waals surface area contributed by atoms with Crippen molar-refractivity contribution >= 4 is 40.7 Å². The lowest BCUT2D eigenvalue weighted by Gasteiger charge is -2.27. The summed E-state index contributed by atoms with van der Waals surface area (Å²) < 4.78 is 38.5. The van der Waals surface area contributed by atoms with Crippen LogP contribution in [0.25, 0.3) is 0 Å². The third-order valence-electron chi connectivity index (χ3n) is 6.99. The van der Waals surface area contributed by atoms with E-state index < -0.39 is 23.6 Å². The number of nitrogens with zero attached hydrogens (tertiary/aromatic N) is 3. The number of carbonyl (C=O) groups excluding carboxylic acids is 2. The third kappa shape index (κ3) is 7.05. The Kier molecular flexibility index (Phi) is 9.99. The molecule has 0 saturated carbocycles. The Morgan fingerprint density at radius 1 is 0.864 bits per heavy atom. The Bertz CT molecular complexity index is 1560. The van der Waals surface area contributed by atoms with Gasteiger partial charge in [-0.25, -0.2) is 19.8 Å². The number of carbonyl (C=O) groups is 3. The fourth-order valence-electron chi connectivity index (χ4n) is 4.76. The fourth-order valence-corrected chi connectivity index (χ4v) is 4.76. The third-order valence-corrected chi connectivity index (χ3v) is 6.99. The molecule has 5 rings (SSSR count). The van der Waals surface area contributed by atoms with Gasteiger partial charge < -0.3 is 10.4 Å². The predicted octanol–water partition coefficient (Wildman–Crippen LogP) is 7.64. The van der Waals surface area contributed by atoms with E-state index in [1.807, 2.05) is 60.7 Å². The second-order valence-electron chi connectivity index (χ2n) is 9.97. The summed E-state index contributed by atoms with van der Waals surface area (Å²) in [5, 5.41) is 14.7. The maximum absolute atomic E-state index is 12.9. The standard InChI is InChI=1S/C19H20N2O2.C14H11F3N2O2/c1-2-3-14-17-18(22)20(15-10-6-4-7-11-15)21(19(17)23)16-12-8-5-9-13-16;1-8-10(14(15,16)17)5-2-6-11(8)19-12-9(13(20)21)4-3-7-18-12/h4-13,17H,2-3,14H2,1H3;2-7H,1H3,(H,18,19)(H,20,21). The van der Waals surface area contributed by atoms with Gasteiger partial charge in [-0.1, -0.05) is 62.2 Å². The van der Waals surface area contributed by atoms with Crippen LogP contribution >= 0.6 is 0 Å². The molecular formula is C33H31F3N4O4. The summed E-state index contributed by atoms with van der Waals surface area (Å²) >= 11 is 0. The molecule has 1 aliphatic heterocycles. The first kappa shape index (κ1) is 31.7. The van der Waals surface area contributed by atoms with Crippen molar-refractivity contribution in [2.24, 2.45) is 5.92 Å². The number of nitrogens with one attached hydrogen (secondary N) is 1. The van der Waals surface area contributed by atoms with Crippen LogP contribution in [-0.4, -0.2) is 27.9 Å². The Morgan fingerprint density at radius 2 is 1.43 bits per heavy atom. The van der Waals surface area contributed by atoms with Crippen LogP contribution < -0.4 is 15.3 Å². The molecule has 0 aliphatic carbocycles. The maximum atomic E-state index is 12.9. The molecule has 8 nitrogen and oxygen atoms in total. The van der Waals surface area contributed by atoms with Gasteiger partial charge in [0.15, 0.2) is 0 Å². The molecule has 1 aromatic heterocycles. The first-order chi connectivity index (χ1) is 21.0. The Hall–Kier alpha value is -5.19. The molecule has 0 bridgehead atoms. The van der Waals surface area contributed by atoms with E-state index in [-0.39, 0.29) is 34.4 Å². The number of carboxylic acid groups (broad SMARTS) is 1. The Morgan fingerprint density at radius 3 is 1.93 bits per heavy atom. The van der Waals surface area contributed by atoms with Gasteiger partial charge in [-0.2, -0.15) is 13.2 Å². The molecule has 3 aromatic carbocycles. The molecular weight excluding hydrogens is 573 g/mol. The molecule has 1 fully saturated rings. The molecule has 1 saturated heterocycles. The van der Waals surface area contributed by atoms with Crippen molar-refractivity contribution in [2.75, 3.05) is 15.3 Å². The molecule has 2 heterocycles. The molecule has 1 aliphatic rings. The highest BCUT2D eigenvalue weighted by Crippen LogP contribution is 2.36. The minimum Gasteiger partial charge on any atom is -0.478 e. The number of benzene rings is 3. The van der Waals surface area contributed by atoms with Gasteiger partial charge >= 0.3 is 12.1 Å². The van der Waals surface area contributed by atoms with E-state index in [2.05, 4.69) is 17.2 Å². The van der Waals surface area contributed by atoms with Crippen molar-refractivity contribution in [3.05, 3.63) is 114 Å². The van der Waals surface area contributed by atoms with Crippen molar-refractivity contribution in [3.63, 3.8) is 0 Å². The number of amides is 2. The number of aromatic nitrogens is 1. The highest BCUT2D eigenvalue weighted by Gasteiger charge is 2.46. The van der Waals surface area contributed by atoms with E-state index in [1.165, 1.54) is 47.4 Å². The van der Waals surface area contributed by atoms with Crippen molar-refractivity contribution in [3.8, 4) is 0 Å². The van der Waals surface area contributed by atoms with E-state index in [9.17, 15) is 27.6 Å². The van der Waals surface area contributed by atoms with Crippen LogP contribution in [0.3, 0.4) is 0 Å². The summed E-state index contributed by atoms with van der Waals surface area (Å²) in [5.74, 6) is -2.09. The zero-order valence-corrected chi connectivity index (χ0v) is 24.1.